The molecule has 0 aliphatic carbocycles. The van der Waals surface area contributed by atoms with Gasteiger partial charge in [0.05, 0.1) is 0 Å². The number of aliphatic carboxylic acids is 1. The quantitative estimate of drug-likeness (QED) is 0.629. The summed E-state index contributed by atoms with van der Waals surface area (Å²) in [5, 5.41) is 14.5. The predicted octanol–water partition coefficient (Wildman–Crippen LogP) is 0.369. The summed E-state index contributed by atoms with van der Waals surface area (Å²) in [7, 11) is 0. The van der Waals surface area contributed by atoms with Crippen molar-refractivity contribution < 1.29 is 19.5 Å². The maximum absolute atomic E-state index is 11.7. The van der Waals surface area contributed by atoms with E-state index >= 15 is 0 Å². The van der Waals surface area contributed by atoms with Crippen LogP contribution in [0.4, 0.5) is 0 Å². The van der Waals surface area contributed by atoms with Crippen LogP contribution in [0.25, 0.3) is 0 Å². The van der Waals surface area contributed by atoms with Gasteiger partial charge in [-0.05, 0) is 25.5 Å². The van der Waals surface area contributed by atoms with Crippen molar-refractivity contribution in [2.24, 2.45) is 0 Å². The number of hydrogen-bond donors (Lipinski definition) is 3. The standard InChI is InChI=1S/C12H20N2O4S/c1-2-13-9(15)4-3-5-10(16)14-12(11(17)18)6-7-19-8-12/h2-8H2,1H3,(H,13,15)(H,14,16)(H,17,18). The van der Waals surface area contributed by atoms with Gasteiger partial charge in [0, 0.05) is 25.1 Å². The summed E-state index contributed by atoms with van der Waals surface area (Å²) >= 11 is 1.53. The maximum atomic E-state index is 11.7. The van der Waals surface area contributed by atoms with E-state index in [1.165, 1.54) is 11.8 Å². The monoisotopic (exact) mass is 288 g/mol. The third-order valence-electron chi connectivity index (χ3n) is 2.99. The van der Waals surface area contributed by atoms with Gasteiger partial charge in [-0.2, -0.15) is 11.8 Å². The fourth-order valence-corrected chi connectivity index (χ4v) is 3.24. The zero-order chi connectivity index (χ0) is 14.3. The van der Waals surface area contributed by atoms with Crippen molar-refractivity contribution in [3.63, 3.8) is 0 Å². The molecule has 0 spiro atoms. The number of carbonyl (C=O) groups is 3. The first-order valence-corrected chi connectivity index (χ1v) is 7.54. The van der Waals surface area contributed by atoms with Gasteiger partial charge in [-0.15, -0.1) is 0 Å². The van der Waals surface area contributed by atoms with Crippen molar-refractivity contribution in [1.29, 1.82) is 0 Å². The second-order valence-electron chi connectivity index (χ2n) is 4.55. The Hall–Kier alpha value is -1.24. The van der Waals surface area contributed by atoms with Gasteiger partial charge in [-0.1, -0.05) is 0 Å². The predicted molar refractivity (Wildman–Crippen MR) is 73.0 cm³/mol. The lowest BCUT2D eigenvalue weighted by Crippen LogP contribution is -2.54. The van der Waals surface area contributed by atoms with Gasteiger partial charge in [0.2, 0.25) is 11.8 Å². The highest BCUT2D eigenvalue weighted by Crippen LogP contribution is 2.28. The van der Waals surface area contributed by atoms with Crippen molar-refractivity contribution >= 4 is 29.5 Å². The van der Waals surface area contributed by atoms with Gasteiger partial charge in [-0.25, -0.2) is 4.79 Å². The zero-order valence-electron chi connectivity index (χ0n) is 11.0. The minimum absolute atomic E-state index is 0.0836. The van der Waals surface area contributed by atoms with Crippen LogP contribution in [-0.2, 0) is 14.4 Å². The SMILES string of the molecule is CCNC(=O)CCCC(=O)NC1(C(=O)O)CCSC1. The van der Waals surface area contributed by atoms with Gasteiger partial charge in [-0.3, -0.25) is 9.59 Å². The van der Waals surface area contributed by atoms with Gasteiger partial charge in [0.25, 0.3) is 0 Å². The van der Waals surface area contributed by atoms with Crippen LogP contribution in [0, 0.1) is 0 Å². The van der Waals surface area contributed by atoms with Crippen molar-refractivity contribution in [2.75, 3.05) is 18.1 Å². The summed E-state index contributed by atoms with van der Waals surface area (Å²) in [4.78, 5) is 34.2. The lowest BCUT2D eigenvalue weighted by atomic mass is 9.99. The molecule has 19 heavy (non-hydrogen) atoms. The average molecular weight is 288 g/mol. The number of carboxylic acid groups (broad SMARTS) is 1. The summed E-state index contributed by atoms with van der Waals surface area (Å²) in [5.41, 5.74) is -1.12. The Bertz CT molecular complexity index is 354. The Labute approximate surface area is 116 Å². The first-order chi connectivity index (χ1) is 9.00. The Balaban J connectivity index is 2.34. The molecule has 1 heterocycles. The summed E-state index contributed by atoms with van der Waals surface area (Å²) in [5.74, 6) is -0.209. The number of thioether (sulfide) groups is 1. The molecule has 0 aromatic heterocycles. The summed E-state index contributed by atoms with van der Waals surface area (Å²) in [6.07, 6.45) is 1.35. The average Bonchev–Trinajstić information content (AvgIpc) is 2.79. The molecule has 0 aromatic rings. The van der Waals surface area contributed by atoms with E-state index in [9.17, 15) is 19.5 Å². The van der Waals surface area contributed by atoms with Crippen LogP contribution in [0.1, 0.15) is 32.6 Å². The van der Waals surface area contributed by atoms with Crippen LogP contribution in [-0.4, -0.2) is 46.5 Å². The molecule has 1 aliphatic rings. The highest BCUT2D eigenvalue weighted by Gasteiger charge is 2.43. The molecule has 0 bridgehead atoms. The van der Waals surface area contributed by atoms with Gasteiger partial charge in [0.1, 0.15) is 5.54 Å². The molecule has 1 saturated heterocycles. The smallest absolute Gasteiger partial charge is 0.330 e. The third kappa shape index (κ3) is 4.74. The summed E-state index contributed by atoms with van der Waals surface area (Å²) in [6.45, 7) is 2.41. The van der Waals surface area contributed by atoms with E-state index in [0.29, 0.717) is 25.1 Å². The molecule has 1 aliphatic heterocycles. The Morgan fingerprint density at radius 1 is 1.26 bits per heavy atom. The molecule has 0 radical (unpaired) electrons. The highest BCUT2D eigenvalue weighted by atomic mass is 32.2. The molecule has 2 amide bonds. The van der Waals surface area contributed by atoms with Gasteiger partial charge >= 0.3 is 5.97 Å². The fourth-order valence-electron chi connectivity index (χ4n) is 1.91. The van der Waals surface area contributed by atoms with Crippen molar-refractivity contribution in [3.05, 3.63) is 0 Å². The molecular weight excluding hydrogens is 268 g/mol. The van der Waals surface area contributed by atoms with Crippen molar-refractivity contribution in [3.8, 4) is 0 Å². The molecule has 7 heteroatoms. The second kappa shape index (κ2) is 7.37. The minimum Gasteiger partial charge on any atom is -0.479 e. The minimum atomic E-state index is -1.12. The third-order valence-corrected chi connectivity index (χ3v) is 4.18. The molecular formula is C12H20N2O4S. The lowest BCUT2D eigenvalue weighted by molar-refractivity contribution is -0.146. The summed E-state index contributed by atoms with van der Waals surface area (Å²) in [6, 6.07) is 0. The molecule has 108 valence electrons. The maximum Gasteiger partial charge on any atom is 0.330 e. The molecule has 1 fully saturated rings. The van der Waals surface area contributed by atoms with Gasteiger partial charge in [0.15, 0.2) is 0 Å². The van der Waals surface area contributed by atoms with E-state index in [1.54, 1.807) is 0 Å². The number of nitrogens with one attached hydrogen (secondary N) is 2. The first-order valence-electron chi connectivity index (χ1n) is 6.39. The van der Waals surface area contributed by atoms with Crippen LogP contribution < -0.4 is 10.6 Å². The largest absolute Gasteiger partial charge is 0.479 e. The molecule has 0 aromatic carbocycles. The van der Waals surface area contributed by atoms with Gasteiger partial charge < -0.3 is 15.7 Å². The van der Waals surface area contributed by atoms with E-state index in [0.717, 1.165) is 5.75 Å². The van der Waals surface area contributed by atoms with E-state index in [4.69, 9.17) is 0 Å². The Kier molecular flexibility index (Phi) is 6.14. The number of rotatable bonds is 7. The van der Waals surface area contributed by atoms with Crippen LogP contribution in [0.15, 0.2) is 0 Å². The number of hydrogen-bond acceptors (Lipinski definition) is 4. The Morgan fingerprint density at radius 3 is 2.47 bits per heavy atom. The highest BCUT2D eigenvalue weighted by molar-refractivity contribution is 7.99. The molecule has 1 rings (SSSR count). The number of carbonyl (C=O) groups excluding carboxylic acids is 2. The van der Waals surface area contributed by atoms with E-state index < -0.39 is 11.5 Å². The molecule has 3 N–H and O–H groups in total. The molecule has 1 unspecified atom stereocenters. The van der Waals surface area contributed by atoms with Crippen LogP contribution in [0.2, 0.25) is 0 Å². The van der Waals surface area contributed by atoms with Crippen LogP contribution >= 0.6 is 11.8 Å². The topological polar surface area (TPSA) is 95.5 Å². The normalized spacial score (nSPS) is 21.9. The van der Waals surface area contributed by atoms with Crippen LogP contribution in [0.5, 0.6) is 0 Å². The first kappa shape index (κ1) is 15.8. The van der Waals surface area contributed by atoms with E-state index in [1.807, 2.05) is 6.92 Å². The fraction of sp³-hybridized carbons (Fsp3) is 0.750. The lowest BCUT2D eigenvalue weighted by Gasteiger charge is -2.24. The number of carboxylic acids is 1. The number of amides is 2. The van der Waals surface area contributed by atoms with E-state index in [2.05, 4.69) is 10.6 Å². The zero-order valence-corrected chi connectivity index (χ0v) is 11.8. The molecule has 6 nitrogen and oxygen atoms in total. The Morgan fingerprint density at radius 2 is 1.95 bits per heavy atom. The van der Waals surface area contributed by atoms with E-state index in [-0.39, 0.29) is 24.7 Å². The van der Waals surface area contributed by atoms with Crippen molar-refractivity contribution in [2.45, 2.75) is 38.1 Å². The molecule has 1 atom stereocenters. The van der Waals surface area contributed by atoms with Crippen molar-refractivity contribution in [1.82, 2.24) is 10.6 Å². The molecule has 0 saturated carbocycles. The van der Waals surface area contributed by atoms with Crippen LogP contribution in [0.3, 0.4) is 0 Å². The second-order valence-corrected chi connectivity index (χ2v) is 5.65. The summed E-state index contributed by atoms with van der Waals surface area (Å²) < 4.78 is 0.